The van der Waals surface area contributed by atoms with Crippen molar-refractivity contribution in [3.8, 4) is 0 Å². The second-order valence-electron chi connectivity index (χ2n) is 4.59. The molecule has 1 aliphatic heterocycles. The first-order chi connectivity index (χ1) is 9.79. The van der Waals surface area contributed by atoms with Crippen LogP contribution in [0.1, 0.15) is 12.8 Å². The lowest BCUT2D eigenvalue weighted by Gasteiger charge is -2.13. The molecule has 1 heterocycles. The van der Waals surface area contributed by atoms with E-state index in [2.05, 4.69) is 4.72 Å². The maximum absolute atomic E-state index is 13.6. The van der Waals surface area contributed by atoms with Gasteiger partial charge in [-0.1, -0.05) is 11.6 Å². The molecule has 0 aromatic heterocycles. The molecule has 1 saturated heterocycles. The van der Waals surface area contributed by atoms with Gasteiger partial charge in [0.15, 0.2) is 6.10 Å². The van der Waals surface area contributed by atoms with Crippen LogP contribution in [0.25, 0.3) is 0 Å². The minimum absolute atomic E-state index is 0.0925. The molecule has 2 N–H and O–H groups in total. The number of benzene rings is 1. The quantitative estimate of drug-likeness (QED) is 0.847. The van der Waals surface area contributed by atoms with Crippen LogP contribution in [0.2, 0.25) is 5.02 Å². The second-order valence-corrected chi connectivity index (χ2v) is 6.76. The maximum atomic E-state index is 13.6. The first-order valence-electron chi connectivity index (χ1n) is 6.12. The van der Waals surface area contributed by atoms with Crippen molar-refractivity contribution in [2.45, 2.75) is 29.9 Å². The minimum atomic E-state index is -4.04. The van der Waals surface area contributed by atoms with E-state index < -0.39 is 38.9 Å². The number of nitrogens with one attached hydrogen (secondary N) is 1. The summed E-state index contributed by atoms with van der Waals surface area (Å²) in [5.41, 5.74) is 0. The van der Waals surface area contributed by atoms with Gasteiger partial charge in [-0.05, 0) is 31.0 Å². The molecule has 2 rings (SSSR count). The molecule has 0 spiro atoms. The Bertz CT molecular complexity index is 651. The van der Waals surface area contributed by atoms with Gasteiger partial charge < -0.3 is 9.84 Å². The summed E-state index contributed by atoms with van der Waals surface area (Å²) in [6, 6.07) is 3.24. The first-order valence-corrected chi connectivity index (χ1v) is 7.98. The molecule has 1 aromatic rings. The van der Waals surface area contributed by atoms with E-state index in [-0.39, 0.29) is 11.6 Å². The Morgan fingerprint density at radius 2 is 2.19 bits per heavy atom. The molecular formula is C12H13ClFNO5S. The van der Waals surface area contributed by atoms with E-state index in [0.717, 1.165) is 12.1 Å². The number of aliphatic carboxylic acids is 1. The lowest BCUT2D eigenvalue weighted by atomic mass is 10.2. The highest BCUT2D eigenvalue weighted by molar-refractivity contribution is 7.89. The van der Waals surface area contributed by atoms with Gasteiger partial charge >= 0.3 is 5.97 Å². The molecule has 1 fully saturated rings. The van der Waals surface area contributed by atoms with E-state index in [9.17, 15) is 17.6 Å². The Hall–Kier alpha value is -1.22. The number of hydrogen-bond donors (Lipinski definition) is 2. The number of rotatable bonds is 5. The normalized spacial score (nSPS) is 22.4. The summed E-state index contributed by atoms with van der Waals surface area (Å²) in [5.74, 6) is -2.03. The fraction of sp³-hybridized carbons (Fsp3) is 0.417. The molecule has 0 radical (unpaired) electrons. The molecule has 1 aromatic carbocycles. The van der Waals surface area contributed by atoms with Crippen LogP contribution in [-0.2, 0) is 19.6 Å². The van der Waals surface area contributed by atoms with Crippen LogP contribution in [0.4, 0.5) is 4.39 Å². The van der Waals surface area contributed by atoms with Gasteiger partial charge in [-0.25, -0.2) is 22.3 Å². The van der Waals surface area contributed by atoms with E-state index >= 15 is 0 Å². The summed E-state index contributed by atoms with van der Waals surface area (Å²) >= 11 is 5.56. The van der Waals surface area contributed by atoms with Crippen molar-refractivity contribution >= 4 is 27.6 Å². The third-order valence-electron chi connectivity index (χ3n) is 3.07. The van der Waals surface area contributed by atoms with Crippen molar-refractivity contribution < 1.29 is 27.4 Å². The SMILES string of the molecule is O=C(O)C1CCC(CNS(=O)(=O)c2ccc(Cl)cc2F)O1. The van der Waals surface area contributed by atoms with Gasteiger partial charge in [-0.3, -0.25) is 0 Å². The van der Waals surface area contributed by atoms with Gasteiger partial charge in [0, 0.05) is 11.6 Å². The molecule has 9 heteroatoms. The molecule has 1 aliphatic rings. The van der Waals surface area contributed by atoms with Crippen molar-refractivity contribution in [1.29, 1.82) is 0 Å². The zero-order valence-corrected chi connectivity index (χ0v) is 12.3. The fourth-order valence-electron chi connectivity index (χ4n) is 2.01. The van der Waals surface area contributed by atoms with Gasteiger partial charge in [-0.15, -0.1) is 0 Å². The molecule has 0 aliphatic carbocycles. The van der Waals surface area contributed by atoms with Crippen molar-refractivity contribution in [2.24, 2.45) is 0 Å². The Morgan fingerprint density at radius 3 is 2.76 bits per heavy atom. The van der Waals surface area contributed by atoms with Gasteiger partial charge in [-0.2, -0.15) is 0 Å². The Balaban J connectivity index is 2.01. The van der Waals surface area contributed by atoms with E-state index in [1.165, 1.54) is 6.07 Å². The van der Waals surface area contributed by atoms with Gasteiger partial charge in [0.2, 0.25) is 10.0 Å². The largest absolute Gasteiger partial charge is 0.479 e. The molecule has 2 unspecified atom stereocenters. The molecule has 6 nitrogen and oxygen atoms in total. The summed E-state index contributed by atoms with van der Waals surface area (Å²) in [5, 5.41) is 8.87. The van der Waals surface area contributed by atoms with Crippen molar-refractivity contribution in [1.82, 2.24) is 4.72 Å². The number of sulfonamides is 1. The van der Waals surface area contributed by atoms with Crippen LogP contribution in [0.15, 0.2) is 23.1 Å². The summed E-state index contributed by atoms with van der Waals surface area (Å²) in [4.78, 5) is 10.2. The highest BCUT2D eigenvalue weighted by Crippen LogP contribution is 2.21. The molecule has 116 valence electrons. The van der Waals surface area contributed by atoms with E-state index in [4.69, 9.17) is 21.4 Å². The number of halogens is 2. The molecule has 0 amide bonds. The summed E-state index contributed by atoms with van der Waals surface area (Å²) in [7, 11) is -4.04. The smallest absolute Gasteiger partial charge is 0.332 e. The Labute approximate surface area is 125 Å². The van der Waals surface area contributed by atoms with E-state index in [1.807, 2.05) is 0 Å². The van der Waals surface area contributed by atoms with Crippen LogP contribution in [0, 0.1) is 5.82 Å². The van der Waals surface area contributed by atoms with Crippen molar-refractivity contribution in [3.63, 3.8) is 0 Å². The molecule has 2 atom stereocenters. The molecule has 0 saturated carbocycles. The van der Waals surface area contributed by atoms with E-state index in [0.29, 0.717) is 12.8 Å². The Morgan fingerprint density at radius 1 is 1.48 bits per heavy atom. The molecule has 0 bridgehead atoms. The number of carboxylic acids is 1. The summed E-state index contributed by atoms with van der Waals surface area (Å²) < 4.78 is 44.9. The average Bonchev–Trinajstić information content (AvgIpc) is 2.85. The standard InChI is InChI=1S/C12H13ClFNO5S/c13-7-1-4-11(9(14)5-7)21(18,19)15-6-8-2-3-10(20-8)12(16)17/h1,4-5,8,10,15H,2-3,6H2,(H,16,17). The summed E-state index contributed by atoms with van der Waals surface area (Å²) in [6.45, 7) is -0.117. The van der Waals surface area contributed by atoms with Crippen LogP contribution in [0.3, 0.4) is 0 Å². The van der Waals surface area contributed by atoms with E-state index in [1.54, 1.807) is 0 Å². The van der Waals surface area contributed by atoms with Gasteiger partial charge in [0.05, 0.1) is 6.10 Å². The zero-order chi connectivity index (χ0) is 15.6. The van der Waals surface area contributed by atoms with Crippen LogP contribution in [-0.4, -0.2) is 38.2 Å². The lowest BCUT2D eigenvalue weighted by Crippen LogP contribution is -2.33. The minimum Gasteiger partial charge on any atom is -0.479 e. The highest BCUT2D eigenvalue weighted by atomic mass is 35.5. The van der Waals surface area contributed by atoms with Crippen molar-refractivity contribution in [3.05, 3.63) is 29.0 Å². The third kappa shape index (κ3) is 3.91. The monoisotopic (exact) mass is 337 g/mol. The predicted octanol–water partition coefficient (Wildman–Crippen LogP) is 1.39. The predicted molar refractivity (Wildman–Crippen MR) is 72.1 cm³/mol. The third-order valence-corrected chi connectivity index (χ3v) is 4.76. The number of ether oxygens (including phenoxy) is 1. The van der Waals surface area contributed by atoms with Crippen molar-refractivity contribution in [2.75, 3.05) is 6.54 Å². The lowest BCUT2D eigenvalue weighted by molar-refractivity contribution is -0.149. The first kappa shape index (κ1) is 16.2. The summed E-state index contributed by atoms with van der Waals surface area (Å²) in [6.07, 6.45) is -0.734. The molecule has 21 heavy (non-hydrogen) atoms. The maximum Gasteiger partial charge on any atom is 0.332 e. The number of hydrogen-bond acceptors (Lipinski definition) is 4. The Kier molecular flexibility index (Phi) is 4.82. The van der Waals surface area contributed by atoms with Crippen LogP contribution in [0.5, 0.6) is 0 Å². The zero-order valence-electron chi connectivity index (χ0n) is 10.8. The average molecular weight is 338 g/mol. The van der Waals surface area contributed by atoms with Gasteiger partial charge in [0.1, 0.15) is 10.7 Å². The number of carbonyl (C=O) groups is 1. The second kappa shape index (κ2) is 6.27. The number of carboxylic acid groups (broad SMARTS) is 1. The van der Waals surface area contributed by atoms with Gasteiger partial charge in [0.25, 0.3) is 0 Å². The molecular weight excluding hydrogens is 325 g/mol. The van der Waals surface area contributed by atoms with Crippen LogP contribution < -0.4 is 4.72 Å². The highest BCUT2D eigenvalue weighted by Gasteiger charge is 2.31. The fourth-order valence-corrected chi connectivity index (χ4v) is 3.29. The topological polar surface area (TPSA) is 92.7 Å². The van der Waals surface area contributed by atoms with Crippen LogP contribution >= 0.6 is 11.6 Å².